The van der Waals surface area contributed by atoms with Gasteiger partial charge < -0.3 is 10.7 Å². The molecular weight excluding hydrogens is 264 g/mol. The summed E-state index contributed by atoms with van der Waals surface area (Å²) in [5, 5.41) is 2.78. The summed E-state index contributed by atoms with van der Waals surface area (Å²) in [7, 11) is 0. The van der Waals surface area contributed by atoms with Gasteiger partial charge in [0.05, 0.1) is 11.0 Å². The molecule has 1 amide bonds. The van der Waals surface area contributed by atoms with Gasteiger partial charge in [0.1, 0.15) is 0 Å². The number of fused-ring (bicyclic) bond motifs is 1. The Morgan fingerprint density at radius 1 is 1.14 bits per heavy atom. The second kappa shape index (κ2) is 5.66. The van der Waals surface area contributed by atoms with Crippen molar-refractivity contribution in [3.05, 3.63) is 54.1 Å². The second-order valence-corrected chi connectivity index (χ2v) is 4.89. The zero-order valence-corrected chi connectivity index (χ0v) is 11.5. The number of amides is 1. The molecular formula is C16H16N4O. The number of imidazole rings is 1. The number of rotatable bonds is 4. The lowest BCUT2D eigenvalue weighted by Crippen LogP contribution is -2.13. The van der Waals surface area contributed by atoms with Crippen LogP contribution in [0.3, 0.4) is 0 Å². The van der Waals surface area contributed by atoms with Gasteiger partial charge in [-0.15, -0.1) is 0 Å². The van der Waals surface area contributed by atoms with Gasteiger partial charge >= 0.3 is 0 Å². The summed E-state index contributed by atoms with van der Waals surface area (Å²) in [6.07, 6.45) is 1.08. The van der Waals surface area contributed by atoms with Crippen LogP contribution in [-0.4, -0.2) is 15.9 Å². The number of hydrogen-bond donors (Lipinski definition) is 3. The maximum absolute atomic E-state index is 11.9. The van der Waals surface area contributed by atoms with E-state index in [9.17, 15) is 4.79 Å². The van der Waals surface area contributed by atoms with Gasteiger partial charge in [-0.3, -0.25) is 10.1 Å². The highest BCUT2D eigenvalue weighted by Gasteiger charge is 2.07. The van der Waals surface area contributed by atoms with E-state index in [0.717, 1.165) is 22.3 Å². The molecule has 0 spiro atoms. The van der Waals surface area contributed by atoms with Crippen molar-refractivity contribution in [2.45, 2.75) is 12.8 Å². The van der Waals surface area contributed by atoms with Crippen LogP contribution in [0.1, 0.15) is 12.0 Å². The smallest absolute Gasteiger partial charge is 0.227 e. The van der Waals surface area contributed by atoms with Crippen LogP contribution in [-0.2, 0) is 11.2 Å². The molecule has 4 N–H and O–H groups in total. The summed E-state index contributed by atoms with van der Waals surface area (Å²) in [5.41, 5.74) is 9.19. The summed E-state index contributed by atoms with van der Waals surface area (Å²) in [5.74, 6) is 0.421. The molecule has 0 aliphatic carbocycles. The standard InChI is InChI=1S/C16H16N4O/c17-12-8-5-11(6-9-12)7-10-15(21)20-16-18-13-3-1-2-4-14(13)19-16/h1-6,8-9H,7,10,17H2,(H2,18,19,20,21). The van der Waals surface area contributed by atoms with E-state index in [2.05, 4.69) is 15.3 Å². The predicted molar refractivity (Wildman–Crippen MR) is 83.9 cm³/mol. The second-order valence-electron chi connectivity index (χ2n) is 4.89. The molecule has 5 heteroatoms. The molecule has 21 heavy (non-hydrogen) atoms. The first kappa shape index (κ1) is 13.2. The Morgan fingerprint density at radius 2 is 1.90 bits per heavy atom. The molecule has 0 saturated heterocycles. The van der Waals surface area contributed by atoms with Crippen LogP contribution in [0.5, 0.6) is 0 Å². The molecule has 0 fully saturated rings. The number of aromatic amines is 1. The van der Waals surface area contributed by atoms with E-state index in [1.54, 1.807) is 0 Å². The van der Waals surface area contributed by atoms with Gasteiger partial charge in [-0.1, -0.05) is 24.3 Å². The zero-order valence-electron chi connectivity index (χ0n) is 11.5. The SMILES string of the molecule is Nc1ccc(CCC(=O)Nc2nc3ccccc3[nH]2)cc1. The fourth-order valence-electron chi connectivity index (χ4n) is 2.15. The summed E-state index contributed by atoms with van der Waals surface area (Å²) < 4.78 is 0. The van der Waals surface area contributed by atoms with Crippen LogP contribution in [0, 0.1) is 0 Å². The van der Waals surface area contributed by atoms with Crippen LogP contribution in [0.2, 0.25) is 0 Å². The summed E-state index contributed by atoms with van der Waals surface area (Å²) in [6, 6.07) is 15.2. The topological polar surface area (TPSA) is 83.8 Å². The maximum Gasteiger partial charge on any atom is 0.227 e. The Labute approximate surface area is 122 Å². The molecule has 3 rings (SSSR count). The monoisotopic (exact) mass is 280 g/mol. The molecule has 0 atom stereocenters. The first-order chi connectivity index (χ1) is 10.2. The average Bonchev–Trinajstić information content (AvgIpc) is 2.88. The summed E-state index contributed by atoms with van der Waals surface area (Å²) in [4.78, 5) is 19.3. The number of anilines is 2. The van der Waals surface area contributed by atoms with Gasteiger partial charge in [0.2, 0.25) is 11.9 Å². The van der Waals surface area contributed by atoms with Crippen molar-refractivity contribution < 1.29 is 4.79 Å². The van der Waals surface area contributed by atoms with E-state index in [1.807, 2.05) is 48.5 Å². The highest BCUT2D eigenvalue weighted by molar-refractivity contribution is 5.91. The molecule has 3 aromatic rings. The fourth-order valence-corrected chi connectivity index (χ4v) is 2.15. The van der Waals surface area contributed by atoms with Crippen molar-refractivity contribution in [2.24, 2.45) is 0 Å². The third kappa shape index (κ3) is 3.20. The zero-order chi connectivity index (χ0) is 14.7. The molecule has 2 aromatic carbocycles. The van der Waals surface area contributed by atoms with Gasteiger partial charge in [0.15, 0.2) is 0 Å². The third-order valence-corrected chi connectivity index (χ3v) is 3.27. The van der Waals surface area contributed by atoms with Crippen LogP contribution >= 0.6 is 0 Å². The number of benzene rings is 2. The Bertz CT molecular complexity index is 728. The molecule has 5 nitrogen and oxygen atoms in total. The first-order valence-corrected chi connectivity index (χ1v) is 6.80. The van der Waals surface area contributed by atoms with E-state index in [-0.39, 0.29) is 5.91 Å². The minimum atomic E-state index is -0.0640. The van der Waals surface area contributed by atoms with Crippen LogP contribution in [0.4, 0.5) is 11.6 Å². The number of aromatic nitrogens is 2. The Hall–Kier alpha value is -2.82. The summed E-state index contributed by atoms with van der Waals surface area (Å²) >= 11 is 0. The number of nitrogens with one attached hydrogen (secondary N) is 2. The number of nitrogen functional groups attached to an aromatic ring is 1. The van der Waals surface area contributed by atoms with Gasteiger partial charge in [-0.2, -0.15) is 0 Å². The number of carbonyl (C=O) groups excluding carboxylic acids is 1. The number of H-pyrrole nitrogens is 1. The molecule has 1 aromatic heterocycles. The van der Waals surface area contributed by atoms with Crippen LogP contribution in [0.25, 0.3) is 11.0 Å². The minimum absolute atomic E-state index is 0.0640. The van der Waals surface area contributed by atoms with Gasteiger partial charge in [-0.25, -0.2) is 4.98 Å². The average molecular weight is 280 g/mol. The van der Waals surface area contributed by atoms with Crippen LogP contribution in [0.15, 0.2) is 48.5 Å². The van der Waals surface area contributed by atoms with E-state index >= 15 is 0 Å². The molecule has 0 radical (unpaired) electrons. The largest absolute Gasteiger partial charge is 0.399 e. The van der Waals surface area contributed by atoms with Gasteiger partial charge in [0.25, 0.3) is 0 Å². The van der Waals surface area contributed by atoms with Crippen LogP contribution < -0.4 is 11.1 Å². The molecule has 0 aliphatic heterocycles. The molecule has 0 saturated carbocycles. The molecule has 106 valence electrons. The van der Waals surface area contributed by atoms with E-state index in [0.29, 0.717) is 18.8 Å². The number of hydrogen-bond acceptors (Lipinski definition) is 3. The lowest BCUT2D eigenvalue weighted by atomic mass is 10.1. The molecule has 0 aliphatic rings. The number of nitrogens with two attached hydrogens (primary N) is 1. The highest BCUT2D eigenvalue weighted by Crippen LogP contribution is 2.14. The third-order valence-electron chi connectivity index (χ3n) is 3.27. The number of carbonyl (C=O) groups is 1. The van der Waals surface area contributed by atoms with E-state index in [1.165, 1.54) is 0 Å². The molecule has 0 bridgehead atoms. The maximum atomic E-state index is 11.9. The van der Waals surface area contributed by atoms with Crippen molar-refractivity contribution >= 4 is 28.6 Å². The Morgan fingerprint density at radius 3 is 2.67 bits per heavy atom. The van der Waals surface area contributed by atoms with Gasteiger partial charge in [0, 0.05) is 12.1 Å². The lowest BCUT2D eigenvalue weighted by molar-refractivity contribution is -0.116. The minimum Gasteiger partial charge on any atom is -0.399 e. The predicted octanol–water partition coefficient (Wildman–Crippen LogP) is 2.72. The number of para-hydroxylation sites is 2. The lowest BCUT2D eigenvalue weighted by Gasteiger charge is -2.03. The number of aryl methyl sites for hydroxylation is 1. The summed E-state index contributed by atoms with van der Waals surface area (Å²) in [6.45, 7) is 0. The normalized spacial score (nSPS) is 10.7. The first-order valence-electron chi connectivity index (χ1n) is 6.80. The fraction of sp³-hybridized carbons (Fsp3) is 0.125. The van der Waals surface area contributed by atoms with Crippen molar-refractivity contribution in [1.29, 1.82) is 0 Å². The number of nitrogens with zero attached hydrogens (tertiary/aromatic N) is 1. The van der Waals surface area contributed by atoms with Crippen molar-refractivity contribution in [3.8, 4) is 0 Å². The van der Waals surface area contributed by atoms with Crippen molar-refractivity contribution in [2.75, 3.05) is 11.1 Å². The Kier molecular flexibility index (Phi) is 3.55. The van der Waals surface area contributed by atoms with E-state index < -0.39 is 0 Å². The quantitative estimate of drug-likeness (QED) is 0.642. The molecule has 1 heterocycles. The van der Waals surface area contributed by atoms with E-state index in [4.69, 9.17) is 5.73 Å². The van der Waals surface area contributed by atoms with Crippen molar-refractivity contribution in [3.63, 3.8) is 0 Å². The highest BCUT2D eigenvalue weighted by atomic mass is 16.1. The Balaban J connectivity index is 1.59. The van der Waals surface area contributed by atoms with Gasteiger partial charge in [-0.05, 0) is 36.2 Å². The molecule has 0 unspecified atom stereocenters. The van der Waals surface area contributed by atoms with Crippen molar-refractivity contribution in [1.82, 2.24) is 9.97 Å².